The predicted octanol–water partition coefficient (Wildman–Crippen LogP) is 2.22. The molecule has 0 aliphatic carbocycles. The monoisotopic (exact) mass is 232 g/mol. The second kappa shape index (κ2) is 4.88. The summed E-state index contributed by atoms with van der Waals surface area (Å²) in [7, 11) is 0. The van der Waals surface area contributed by atoms with Crippen LogP contribution in [-0.4, -0.2) is 23.4 Å². The molecule has 1 fully saturated rings. The molecule has 0 radical (unpaired) electrons. The molecule has 1 amide bonds. The average molecular weight is 232 g/mol. The molecule has 2 atom stereocenters. The van der Waals surface area contributed by atoms with Crippen molar-refractivity contribution in [2.45, 2.75) is 39.4 Å². The van der Waals surface area contributed by atoms with Gasteiger partial charge in [-0.15, -0.1) is 0 Å². The number of aryl methyl sites for hydroxylation is 1. The van der Waals surface area contributed by atoms with Crippen LogP contribution in [-0.2, 0) is 4.79 Å². The van der Waals surface area contributed by atoms with Crippen molar-refractivity contribution in [3.8, 4) is 0 Å². The van der Waals surface area contributed by atoms with E-state index in [9.17, 15) is 4.79 Å². The van der Waals surface area contributed by atoms with Crippen LogP contribution >= 0.6 is 0 Å². The van der Waals surface area contributed by atoms with Gasteiger partial charge in [-0.3, -0.25) is 10.1 Å². The lowest BCUT2D eigenvalue weighted by atomic mass is 10.0. The topological polar surface area (TPSA) is 32.3 Å². The molecular weight excluding hydrogens is 212 g/mol. The van der Waals surface area contributed by atoms with Crippen molar-refractivity contribution in [3.63, 3.8) is 0 Å². The Labute approximate surface area is 103 Å². The Balaban J connectivity index is 2.32. The predicted molar refractivity (Wildman–Crippen MR) is 68.5 cm³/mol. The molecule has 3 heteroatoms. The van der Waals surface area contributed by atoms with E-state index in [2.05, 4.69) is 38.2 Å². The molecule has 0 spiro atoms. The van der Waals surface area contributed by atoms with Crippen molar-refractivity contribution in [1.29, 1.82) is 0 Å². The molecule has 92 valence electrons. The van der Waals surface area contributed by atoms with Gasteiger partial charge in [0.2, 0.25) is 5.91 Å². The number of nitrogens with one attached hydrogen (secondary N) is 1. The van der Waals surface area contributed by atoms with Crippen molar-refractivity contribution in [3.05, 3.63) is 35.4 Å². The van der Waals surface area contributed by atoms with Crippen LogP contribution in [0.25, 0.3) is 0 Å². The SMILES string of the molecule is CCC(C)N1C(=O)CNC1c1ccccc1C. The van der Waals surface area contributed by atoms with Gasteiger partial charge < -0.3 is 4.90 Å². The number of nitrogens with zero attached hydrogens (tertiary/aromatic N) is 1. The second-order valence-corrected chi connectivity index (χ2v) is 4.70. The summed E-state index contributed by atoms with van der Waals surface area (Å²) in [6.07, 6.45) is 1.02. The third kappa shape index (κ3) is 2.20. The standard InChI is InChI=1S/C14H20N2O/c1-4-11(3)16-13(17)9-15-14(16)12-8-6-5-7-10(12)2/h5-8,11,14-15H,4,9H2,1-3H3. The number of carbonyl (C=O) groups excluding carboxylic acids is 1. The van der Waals surface area contributed by atoms with Crippen molar-refractivity contribution >= 4 is 5.91 Å². The third-order valence-electron chi connectivity index (χ3n) is 3.56. The highest BCUT2D eigenvalue weighted by Crippen LogP contribution is 2.27. The van der Waals surface area contributed by atoms with Gasteiger partial charge in [-0.05, 0) is 31.4 Å². The summed E-state index contributed by atoms with van der Waals surface area (Å²) < 4.78 is 0. The molecule has 1 aliphatic rings. The van der Waals surface area contributed by atoms with E-state index >= 15 is 0 Å². The summed E-state index contributed by atoms with van der Waals surface area (Å²) in [6, 6.07) is 8.53. The van der Waals surface area contributed by atoms with Crippen LogP contribution in [0, 0.1) is 6.92 Å². The lowest BCUT2D eigenvalue weighted by Crippen LogP contribution is -2.37. The molecule has 0 aromatic heterocycles. The largest absolute Gasteiger partial charge is 0.319 e. The molecule has 3 nitrogen and oxygen atoms in total. The van der Waals surface area contributed by atoms with Gasteiger partial charge >= 0.3 is 0 Å². The minimum absolute atomic E-state index is 0.0404. The van der Waals surface area contributed by atoms with Gasteiger partial charge in [0.25, 0.3) is 0 Å². The van der Waals surface area contributed by atoms with Crippen LogP contribution in [0.15, 0.2) is 24.3 Å². The van der Waals surface area contributed by atoms with E-state index in [4.69, 9.17) is 0 Å². The highest BCUT2D eigenvalue weighted by atomic mass is 16.2. The molecule has 1 saturated heterocycles. The Morgan fingerprint density at radius 3 is 2.82 bits per heavy atom. The van der Waals surface area contributed by atoms with E-state index in [1.807, 2.05) is 17.0 Å². The van der Waals surface area contributed by atoms with E-state index in [-0.39, 0.29) is 18.1 Å². The Hall–Kier alpha value is -1.35. The summed E-state index contributed by atoms with van der Waals surface area (Å²) >= 11 is 0. The Morgan fingerprint density at radius 2 is 2.18 bits per heavy atom. The van der Waals surface area contributed by atoms with E-state index in [1.54, 1.807) is 0 Å². The number of rotatable bonds is 3. The van der Waals surface area contributed by atoms with E-state index < -0.39 is 0 Å². The second-order valence-electron chi connectivity index (χ2n) is 4.70. The van der Waals surface area contributed by atoms with Gasteiger partial charge in [0.15, 0.2) is 0 Å². The zero-order chi connectivity index (χ0) is 12.4. The summed E-state index contributed by atoms with van der Waals surface area (Å²) in [5, 5.41) is 3.31. The van der Waals surface area contributed by atoms with E-state index in [0.717, 1.165) is 6.42 Å². The van der Waals surface area contributed by atoms with Crippen LogP contribution in [0.1, 0.15) is 37.6 Å². The van der Waals surface area contributed by atoms with Crippen molar-refractivity contribution in [2.24, 2.45) is 0 Å². The minimum Gasteiger partial charge on any atom is -0.319 e. The van der Waals surface area contributed by atoms with Gasteiger partial charge in [-0.25, -0.2) is 0 Å². The minimum atomic E-state index is 0.0404. The number of hydrogen-bond donors (Lipinski definition) is 1. The number of carbonyl (C=O) groups is 1. The summed E-state index contributed by atoms with van der Waals surface area (Å²) in [4.78, 5) is 13.9. The van der Waals surface area contributed by atoms with Crippen LogP contribution in [0.4, 0.5) is 0 Å². The lowest BCUT2D eigenvalue weighted by molar-refractivity contribution is -0.130. The van der Waals surface area contributed by atoms with Gasteiger partial charge in [-0.2, -0.15) is 0 Å². The highest BCUT2D eigenvalue weighted by molar-refractivity contribution is 5.81. The smallest absolute Gasteiger partial charge is 0.238 e. The zero-order valence-corrected chi connectivity index (χ0v) is 10.7. The molecule has 2 rings (SSSR count). The maximum Gasteiger partial charge on any atom is 0.238 e. The number of benzene rings is 1. The normalized spacial score (nSPS) is 21.9. The molecule has 2 unspecified atom stereocenters. The third-order valence-corrected chi connectivity index (χ3v) is 3.56. The zero-order valence-electron chi connectivity index (χ0n) is 10.7. The van der Waals surface area contributed by atoms with Gasteiger partial charge in [-0.1, -0.05) is 31.2 Å². The first-order chi connectivity index (χ1) is 8.15. The average Bonchev–Trinajstić information content (AvgIpc) is 2.71. The van der Waals surface area contributed by atoms with Crippen LogP contribution < -0.4 is 5.32 Å². The summed E-state index contributed by atoms with van der Waals surface area (Å²) in [5.74, 6) is 0.201. The fourth-order valence-corrected chi connectivity index (χ4v) is 2.37. The van der Waals surface area contributed by atoms with Gasteiger partial charge in [0.05, 0.1) is 6.54 Å². The van der Waals surface area contributed by atoms with Crippen molar-refractivity contribution in [2.75, 3.05) is 6.54 Å². The van der Waals surface area contributed by atoms with Crippen molar-refractivity contribution < 1.29 is 4.79 Å². The molecular formula is C14H20N2O. The first-order valence-electron chi connectivity index (χ1n) is 6.25. The Morgan fingerprint density at radius 1 is 1.47 bits per heavy atom. The van der Waals surface area contributed by atoms with E-state index in [0.29, 0.717) is 6.54 Å². The van der Waals surface area contributed by atoms with E-state index in [1.165, 1.54) is 11.1 Å². The Bertz CT molecular complexity index is 416. The molecule has 0 saturated carbocycles. The molecule has 1 N–H and O–H groups in total. The fourth-order valence-electron chi connectivity index (χ4n) is 2.37. The maximum atomic E-state index is 11.9. The molecule has 17 heavy (non-hydrogen) atoms. The molecule has 1 aliphatic heterocycles. The molecule has 1 heterocycles. The molecule has 1 aromatic rings. The first kappa shape index (κ1) is 12.1. The molecule has 0 bridgehead atoms. The number of amides is 1. The summed E-state index contributed by atoms with van der Waals surface area (Å²) in [5.41, 5.74) is 2.44. The lowest BCUT2D eigenvalue weighted by Gasteiger charge is -2.30. The van der Waals surface area contributed by atoms with Gasteiger partial charge in [0.1, 0.15) is 6.17 Å². The maximum absolute atomic E-state index is 11.9. The van der Waals surface area contributed by atoms with Crippen molar-refractivity contribution in [1.82, 2.24) is 10.2 Å². The fraction of sp³-hybridized carbons (Fsp3) is 0.500. The first-order valence-corrected chi connectivity index (χ1v) is 6.25. The summed E-state index contributed by atoms with van der Waals surface area (Å²) in [6.45, 7) is 6.76. The molecule has 1 aromatic carbocycles. The Kier molecular flexibility index (Phi) is 3.48. The van der Waals surface area contributed by atoms with Crippen LogP contribution in [0.2, 0.25) is 0 Å². The van der Waals surface area contributed by atoms with Crippen LogP contribution in [0.3, 0.4) is 0 Å². The highest BCUT2D eigenvalue weighted by Gasteiger charge is 2.34. The quantitative estimate of drug-likeness (QED) is 0.866. The van der Waals surface area contributed by atoms with Crippen LogP contribution in [0.5, 0.6) is 0 Å². The number of hydrogen-bond acceptors (Lipinski definition) is 2. The van der Waals surface area contributed by atoms with Gasteiger partial charge in [0, 0.05) is 6.04 Å².